The van der Waals surface area contributed by atoms with E-state index in [1.165, 1.54) is 17.6 Å². The van der Waals surface area contributed by atoms with Gasteiger partial charge in [0.2, 0.25) is 0 Å². The molecule has 1 aliphatic carbocycles. The summed E-state index contributed by atoms with van der Waals surface area (Å²) in [6.07, 6.45) is 6.09. The summed E-state index contributed by atoms with van der Waals surface area (Å²) in [6.45, 7) is 0.905. The fourth-order valence-corrected chi connectivity index (χ4v) is 3.11. The van der Waals surface area contributed by atoms with Gasteiger partial charge in [-0.15, -0.1) is 11.8 Å². The fourth-order valence-electron chi connectivity index (χ4n) is 2.71. The highest BCUT2D eigenvalue weighted by atomic mass is 32.2. The Balaban J connectivity index is 1.74. The molecule has 0 spiro atoms. The topological polar surface area (TPSA) is 38.3 Å². The molecule has 0 amide bonds. The second-order valence-electron chi connectivity index (χ2n) is 5.30. The maximum atomic E-state index is 11.5. The van der Waals surface area contributed by atoms with Crippen molar-refractivity contribution in [2.24, 2.45) is 5.92 Å². The lowest BCUT2D eigenvalue weighted by molar-refractivity contribution is -0.146. The third-order valence-corrected chi connectivity index (χ3v) is 4.76. The van der Waals surface area contributed by atoms with Crippen molar-refractivity contribution in [3.05, 3.63) is 29.8 Å². The normalized spacial score (nSPS) is 22.5. The molecule has 0 aliphatic heterocycles. The maximum absolute atomic E-state index is 11.5. The minimum Gasteiger partial charge on any atom is -0.469 e. The standard InChI is InChI=1S/C16H23NO2S/c1-19-16(18)13-5-7-14(8-6-13)17-11-12-3-9-15(20-2)10-4-12/h3-4,9-10,13-14,17H,5-8,11H2,1-2H3. The van der Waals surface area contributed by atoms with Gasteiger partial charge >= 0.3 is 5.97 Å². The average molecular weight is 293 g/mol. The predicted molar refractivity (Wildman–Crippen MR) is 82.8 cm³/mol. The van der Waals surface area contributed by atoms with E-state index < -0.39 is 0 Å². The van der Waals surface area contributed by atoms with E-state index >= 15 is 0 Å². The maximum Gasteiger partial charge on any atom is 0.308 e. The van der Waals surface area contributed by atoms with Crippen LogP contribution in [0.15, 0.2) is 29.2 Å². The van der Waals surface area contributed by atoms with Crippen LogP contribution in [0.5, 0.6) is 0 Å². The summed E-state index contributed by atoms with van der Waals surface area (Å²) < 4.78 is 4.81. The Morgan fingerprint density at radius 2 is 1.90 bits per heavy atom. The molecule has 0 heterocycles. The molecule has 3 nitrogen and oxygen atoms in total. The molecule has 1 aromatic carbocycles. The van der Waals surface area contributed by atoms with Crippen LogP contribution in [0.1, 0.15) is 31.2 Å². The van der Waals surface area contributed by atoms with Gasteiger partial charge in [0.1, 0.15) is 0 Å². The largest absolute Gasteiger partial charge is 0.469 e. The average Bonchev–Trinajstić information content (AvgIpc) is 2.53. The molecule has 4 heteroatoms. The van der Waals surface area contributed by atoms with Gasteiger partial charge in [-0.05, 0) is 49.6 Å². The summed E-state index contributed by atoms with van der Waals surface area (Å²) in [5.74, 6) is 0.0648. The van der Waals surface area contributed by atoms with Gasteiger partial charge in [0.25, 0.3) is 0 Å². The minimum atomic E-state index is -0.0453. The van der Waals surface area contributed by atoms with E-state index in [0.29, 0.717) is 6.04 Å². The minimum absolute atomic E-state index is 0.0453. The Bertz CT molecular complexity index is 425. The lowest BCUT2D eigenvalue weighted by Gasteiger charge is -2.27. The van der Waals surface area contributed by atoms with Gasteiger partial charge in [-0.3, -0.25) is 4.79 Å². The first-order valence-electron chi connectivity index (χ1n) is 7.17. The van der Waals surface area contributed by atoms with Crippen molar-refractivity contribution in [3.63, 3.8) is 0 Å². The van der Waals surface area contributed by atoms with Crippen LogP contribution >= 0.6 is 11.8 Å². The van der Waals surface area contributed by atoms with Crippen LogP contribution in [0.2, 0.25) is 0 Å². The second kappa shape index (κ2) is 7.70. The highest BCUT2D eigenvalue weighted by molar-refractivity contribution is 7.98. The summed E-state index contributed by atoms with van der Waals surface area (Å²) in [5.41, 5.74) is 1.32. The Morgan fingerprint density at radius 1 is 1.25 bits per heavy atom. The third kappa shape index (κ3) is 4.25. The fraction of sp³-hybridized carbons (Fsp3) is 0.562. The smallest absolute Gasteiger partial charge is 0.308 e. The first kappa shape index (κ1) is 15.4. The van der Waals surface area contributed by atoms with Crippen molar-refractivity contribution in [1.82, 2.24) is 5.32 Å². The SMILES string of the molecule is COC(=O)C1CCC(NCc2ccc(SC)cc2)CC1. The summed E-state index contributed by atoms with van der Waals surface area (Å²) >= 11 is 1.76. The van der Waals surface area contributed by atoms with E-state index in [1.807, 2.05) is 0 Å². The third-order valence-electron chi connectivity index (χ3n) is 4.02. The van der Waals surface area contributed by atoms with Crippen LogP contribution in [-0.2, 0) is 16.1 Å². The van der Waals surface area contributed by atoms with Gasteiger partial charge in [0.15, 0.2) is 0 Å². The quantitative estimate of drug-likeness (QED) is 0.668. The zero-order valence-corrected chi connectivity index (χ0v) is 13.0. The molecule has 0 atom stereocenters. The lowest BCUT2D eigenvalue weighted by Crippen LogP contribution is -2.34. The molecule has 1 aromatic rings. The van der Waals surface area contributed by atoms with Gasteiger partial charge in [0.05, 0.1) is 13.0 Å². The summed E-state index contributed by atoms with van der Waals surface area (Å²) in [7, 11) is 1.48. The number of methoxy groups -OCH3 is 1. The van der Waals surface area contributed by atoms with E-state index in [2.05, 4.69) is 35.8 Å². The molecular weight excluding hydrogens is 270 g/mol. The number of thioether (sulfide) groups is 1. The number of carbonyl (C=O) groups is 1. The van der Waals surface area contributed by atoms with Crippen molar-refractivity contribution in [2.45, 2.75) is 43.2 Å². The van der Waals surface area contributed by atoms with Crippen molar-refractivity contribution in [3.8, 4) is 0 Å². The summed E-state index contributed by atoms with van der Waals surface area (Å²) in [4.78, 5) is 12.8. The van der Waals surface area contributed by atoms with Gasteiger partial charge in [-0.2, -0.15) is 0 Å². The molecule has 0 radical (unpaired) electrons. The molecule has 1 saturated carbocycles. The summed E-state index contributed by atoms with van der Waals surface area (Å²) in [6, 6.07) is 9.21. The molecule has 0 unspecified atom stereocenters. The molecule has 2 rings (SSSR count). The number of esters is 1. The number of hydrogen-bond donors (Lipinski definition) is 1. The molecule has 0 saturated heterocycles. The van der Waals surface area contributed by atoms with Crippen LogP contribution in [0, 0.1) is 5.92 Å². The molecule has 110 valence electrons. The van der Waals surface area contributed by atoms with Crippen molar-refractivity contribution in [2.75, 3.05) is 13.4 Å². The van der Waals surface area contributed by atoms with E-state index in [4.69, 9.17) is 4.74 Å². The Kier molecular flexibility index (Phi) is 5.92. The zero-order valence-electron chi connectivity index (χ0n) is 12.2. The molecule has 1 aliphatic rings. The van der Waals surface area contributed by atoms with Crippen LogP contribution in [0.25, 0.3) is 0 Å². The van der Waals surface area contributed by atoms with Crippen LogP contribution in [0.4, 0.5) is 0 Å². The van der Waals surface area contributed by atoms with Gasteiger partial charge in [-0.1, -0.05) is 12.1 Å². The first-order chi connectivity index (χ1) is 9.72. The van der Waals surface area contributed by atoms with Crippen LogP contribution < -0.4 is 5.32 Å². The number of carbonyl (C=O) groups excluding carboxylic acids is 1. The van der Waals surface area contributed by atoms with Crippen molar-refractivity contribution >= 4 is 17.7 Å². The lowest BCUT2D eigenvalue weighted by atomic mass is 9.86. The zero-order chi connectivity index (χ0) is 14.4. The number of ether oxygens (including phenoxy) is 1. The summed E-state index contributed by atoms with van der Waals surface area (Å²) in [5, 5.41) is 3.59. The van der Waals surface area contributed by atoms with Crippen molar-refractivity contribution in [1.29, 1.82) is 0 Å². The molecule has 1 N–H and O–H groups in total. The molecule has 0 bridgehead atoms. The molecule has 20 heavy (non-hydrogen) atoms. The van der Waals surface area contributed by atoms with Crippen LogP contribution in [0.3, 0.4) is 0 Å². The number of hydrogen-bond acceptors (Lipinski definition) is 4. The number of nitrogens with one attached hydrogen (secondary N) is 1. The number of rotatable bonds is 5. The highest BCUT2D eigenvalue weighted by Crippen LogP contribution is 2.25. The van der Waals surface area contributed by atoms with E-state index in [-0.39, 0.29) is 11.9 Å². The van der Waals surface area contributed by atoms with E-state index in [1.54, 1.807) is 11.8 Å². The van der Waals surface area contributed by atoms with E-state index in [9.17, 15) is 4.79 Å². The van der Waals surface area contributed by atoms with Crippen LogP contribution in [-0.4, -0.2) is 25.4 Å². The Labute approximate surface area is 125 Å². The second-order valence-corrected chi connectivity index (χ2v) is 6.18. The number of benzene rings is 1. The first-order valence-corrected chi connectivity index (χ1v) is 8.39. The highest BCUT2D eigenvalue weighted by Gasteiger charge is 2.26. The van der Waals surface area contributed by atoms with Gasteiger partial charge in [0, 0.05) is 17.5 Å². The molecule has 0 aromatic heterocycles. The van der Waals surface area contributed by atoms with Gasteiger partial charge in [-0.25, -0.2) is 0 Å². The van der Waals surface area contributed by atoms with Gasteiger partial charge < -0.3 is 10.1 Å². The Hall–Kier alpha value is -1.00. The molecule has 1 fully saturated rings. The Morgan fingerprint density at radius 3 is 2.45 bits per heavy atom. The van der Waals surface area contributed by atoms with Crippen molar-refractivity contribution < 1.29 is 9.53 Å². The molecular formula is C16H23NO2S. The monoisotopic (exact) mass is 293 g/mol. The predicted octanol–water partition coefficient (Wildman–Crippen LogP) is 3.23. The van der Waals surface area contributed by atoms with E-state index in [0.717, 1.165) is 32.2 Å².